The molecule has 1 aliphatic carbocycles. The number of aryl methyl sites for hydroxylation is 1. The van der Waals surface area contributed by atoms with E-state index in [0.29, 0.717) is 24.0 Å². The normalized spacial score (nSPS) is 25.5. The average Bonchev–Trinajstić information content (AvgIpc) is 3.02. The van der Waals surface area contributed by atoms with Gasteiger partial charge in [-0.3, -0.25) is 0 Å². The zero-order chi connectivity index (χ0) is 13.6. The molecular weight excluding hydrogens is 264 g/mol. The van der Waals surface area contributed by atoms with Gasteiger partial charge in [-0.25, -0.2) is 13.1 Å². The number of nitrogen functional groups attached to an aromatic ring is 1. The van der Waals surface area contributed by atoms with Crippen LogP contribution in [0.1, 0.15) is 25.3 Å². The Bertz CT molecular complexity index is 613. The largest absolute Gasteiger partial charge is 0.492 e. The van der Waals surface area contributed by atoms with Gasteiger partial charge in [-0.2, -0.15) is 0 Å². The van der Waals surface area contributed by atoms with Gasteiger partial charge in [0.25, 0.3) is 0 Å². The molecule has 1 aromatic carbocycles. The summed E-state index contributed by atoms with van der Waals surface area (Å²) in [5.41, 5.74) is 7.16. The van der Waals surface area contributed by atoms with Gasteiger partial charge in [0.2, 0.25) is 10.0 Å². The van der Waals surface area contributed by atoms with E-state index >= 15 is 0 Å². The second-order valence-corrected chi connectivity index (χ2v) is 7.08. The van der Waals surface area contributed by atoms with Crippen LogP contribution >= 0.6 is 0 Å². The van der Waals surface area contributed by atoms with Gasteiger partial charge in [0.05, 0.1) is 6.61 Å². The van der Waals surface area contributed by atoms with Crippen molar-refractivity contribution in [3.8, 4) is 5.75 Å². The molecule has 3 N–H and O–H groups in total. The van der Waals surface area contributed by atoms with Gasteiger partial charge in [-0.1, -0.05) is 6.92 Å². The molecular formula is C13H18N2O3S. The van der Waals surface area contributed by atoms with Crippen LogP contribution < -0.4 is 15.2 Å². The summed E-state index contributed by atoms with van der Waals surface area (Å²) in [5, 5.41) is 0. The Hall–Kier alpha value is -1.27. The lowest BCUT2D eigenvalue weighted by molar-refractivity contribution is 0.280. The summed E-state index contributed by atoms with van der Waals surface area (Å²) in [6, 6.07) is 3.33. The molecule has 19 heavy (non-hydrogen) atoms. The molecule has 5 nitrogen and oxygen atoms in total. The number of benzene rings is 1. The maximum atomic E-state index is 12.4. The highest BCUT2D eigenvalue weighted by Gasteiger charge is 2.37. The molecule has 0 spiro atoms. The number of hydrogen-bond acceptors (Lipinski definition) is 4. The third kappa shape index (κ3) is 2.42. The van der Waals surface area contributed by atoms with Crippen molar-refractivity contribution >= 4 is 15.7 Å². The first-order chi connectivity index (χ1) is 8.97. The molecule has 0 bridgehead atoms. The van der Waals surface area contributed by atoms with Crippen molar-refractivity contribution in [2.24, 2.45) is 5.92 Å². The number of nitrogens with two attached hydrogens (primary N) is 1. The maximum Gasteiger partial charge on any atom is 0.244 e. The van der Waals surface area contributed by atoms with Crippen molar-refractivity contribution in [3.63, 3.8) is 0 Å². The SMILES string of the molecule is CC1CC1NS(=O)(=O)c1cc(N)cc2c1OCCC2. The zero-order valence-electron chi connectivity index (χ0n) is 10.8. The smallest absolute Gasteiger partial charge is 0.244 e. The van der Waals surface area contributed by atoms with Crippen LogP contribution in [0, 0.1) is 5.92 Å². The third-order valence-electron chi connectivity index (χ3n) is 3.70. The number of anilines is 1. The number of hydrogen-bond donors (Lipinski definition) is 2. The van der Waals surface area contributed by atoms with Crippen molar-refractivity contribution in [1.29, 1.82) is 0 Å². The predicted molar refractivity (Wildman–Crippen MR) is 72.6 cm³/mol. The quantitative estimate of drug-likeness (QED) is 0.818. The maximum absolute atomic E-state index is 12.4. The van der Waals surface area contributed by atoms with Crippen LogP contribution in [0.3, 0.4) is 0 Å². The predicted octanol–water partition coefficient (Wildman–Crippen LogP) is 1.28. The summed E-state index contributed by atoms with van der Waals surface area (Å²) in [6.07, 6.45) is 2.59. The van der Waals surface area contributed by atoms with E-state index in [1.54, 1.807) is 6.07 Å². The Morgan fingerprint density at radius 1 is 1.42 bits per heavy atom. The van der Waals surface area contributed by atoms with E-state index in [2.05, 4.69) is 4.72 Å². The first-order valence-electron chi connectivity index (χ1n) is 6.55. The molecule has 1 heterocycles. The van der Waals surface area contributed by atoms with E-state index in [4.69, 9.17) is 10.5 Å². The van der Waals surface area contributed by atoms with Crippen LogP contribution in [0.15, 0.2) is 17.0 Å². The standard InChI is InChI=1S/C13H18N2O3S/c1-8-5-11(8)15-19(16,17)12-7-10(14)6-9-3-2-4-18-13(9)12/h6-8,11,15H,2-5,14H2,1H3. The Kier molecular flexibility index (Phi) is 2.94. The van der Waals surface area contributed by atoms with Gasteiger partial charge in [0.15, 0.2) is 0 Å². The fourth-order valence-electron chi connectivity index (χ4n) is 2.42. The topological polar surface area (TPSA) is 81.4 Å². The molecule has 1 fully saturated rings. The monoisotopic (exact) mass is 282 g/mol. The van der Waals surface area contributed by atoms with Gasteiger partial charge >= 0.3 is 0 Å². The number of rotatable bonds is 3. The van der Waals surface area contributed by atoms with Crippen LogP contribution in [0.2, 0.25) is 0 Å². The summed E-state index contributed by atoms with van der Waals surface area (Å²) < 4.78 is 33.1. The van der Waals surface area contributed by atoms with Gasteiger partial charge in [-0.15, -0.1) is 0 Å². The molecule has 0 radical (unpaired) electrons. The molecule has 1 aliphatic heterocycles. The van der Waals surface area contributed by atoms with E-state index < -0.39 is 10.0 Å². The Labute approximate surface area is 113 Å². The number of sulfonamides is 1. The highest BCUT2D eigenvalue weighted by molar-refractivity contribution is 7.89. The highest BCUT2D eigenvalue weighted by Crippen LogP contribution is 2.36. The van der Waals surface area contributed by atoms with Crippen molar-refractivity contribution in [2.45, 2.75) is 37.1 Å². The molecule has 6 heteroatoms. The lowest BCUT2D eigenvalue weighted by Gasteiger charge is -2.21. The molecule has 0 saturated heterocycles. The van der Waals surface area contributed by atoms with Gasteiger partial charge < -0.3 is 10.5 Å². The molecule has 1 aromatic rings. The van der Waals surface area contributed by atoms with Gasteiger partial charge in [0, 0.05) is 11.7 Å². The molecule has 2 unspecified atom stereocenters. The van der Waals surface area contributed by atoms with E-state index in [0.717, 1.165) is 24.8 Å². The van der Waals surface area contributed by atoms with E-state index in [-0.39, 0.29) is 10.9 Å². The fraction of sp³-hybridized carbons (Fsp3) is 0.538. The van der Waals surface area contributed by atoms with Crippen molar-refractivity contribution < 1.29 is 13.2 Å². The molecule has 0 amide bonds. The summed E-state index contributed by atoms with van der Waals surface area (Å²) >= 11 is 0. The van der Waals surface area contributed by atoms with Crippen LogP contribution in [-0.4, -0.2) is 21.1 Å². The molecule has 0 aromatic heterocycles. The van der Waals surface area contributed by atoms with Crippen LogP contribution in [0.5, 0.6) is 5.75 Å². The lowest BCUT2D eigenvalue weighted by atomic mass is 10.1. The Morgan fingerprint density at radius 2 is 2.16 bits per heavy atom. The summed E-state index contributed by atoms with van der Waals surface area (Å²) in [4.78, 5) is 0.182. The Morgan fingerprint density at radius 3 is 2.84 bits per heavy atom. The molecule has 1 saturated carbocycles. The van der Waals surface area contributed by atoms with Crippen molar-refractivity contribution in [2.75, 3.05) is 12.3 Å². The molecule has 2 aliphatic rings. The molecule has 3 rings (SSSR count). The van der Waals surface area contributed by atoms with E-state index in [1.165, 1.54) is 6.07 Å². The second-order valence-electron chi connectivity index (χ2n) is 5.40. The van der Waals surface area contributed by atoms with Gasteiger partial charge in [-0.05, 0) is 42.9 Å². The second kappa shape index (κ2) is 4.38. The van der Waals surface area contributed by atoms with Crippen LogP contribution in [0.4, 0.5) is 5.69 Å². The summed E-state index contributed by atoms with van der Waals surface area (Å²) in [7, 11) is -3.55. The van der Waals surface area contributed by atoms with Gasteiger partial charge in [0.1, 0.15) is 10.6 Å². The first kappa shape index (κ1) is 12.7. The first-order valence-corrected chi connectivity index (χ1v) is 8.03. The van der Waals surface area contributed by atoms with Crippen LogP contribution in [-0.2, 0) is 16.4 Å². The minimum absolute atomic E-state index is 0.0469. The number of ether oxygens (including phenoxy) is 1. The van der Waals surface area contributed by atoms with E-state index in [9.17, 15) is 8.42 Å². The minimum atomic E-state index is -3.55. The minimum Gasteiger partial charge on any atom is -0.492 e. The molecule has 2 atom stereocenters. The summed E-state index contributed by atoms with van der Waals surface area (Å²) in [5.74, 6) is 0.883. The Balaban J connectivity index is 2.01. The van der Waals surface area contributed by atoms with Crippen molar-refractivity contribution in [3.05, 3.63) is 17.7 Å². The van der Waals surface area contributed by atoms with E-state index in [1.807, 2.05) is 6.92 Å². The van der Waals surface area contributed by atoms with Crippen LogP contribution in [0.25, 0.3) is 0 Å². The zero-order valence-corrected chi connectivity index (χ0v) is 11.7. The number of fused-ring (bicyclic) bond motifs is 1. The lowest BCUT2D eigenvalue weighted by Crippen LogP contribution is -2.28. The molecule has 104 valence electrons. The van der Waals surface area contributed by atoms with Crippen molar-refractivity contribution in [1.82, 2.24) is 4.72 Å². The summed E-state index contributed by atoms with van der Waals surface area (Å²) in [6.45, 7) is 2.58. The highest BCUT2D eigenvalue weighted by atomic mass is 32.2. The average molecular weight is 282 g/mol. The number of nitrogens with one attached hydrogen (secondary N) is 1. The third-order valence-corrected chi connectivity index (χ3v) is 5.19. The fourth-order valence-corrected chi connectivity index (χ4v) is 4.00.